The molecule has 4 rings (SSSR count). The van der Waals surface area contributed by atoms with E-state index in [1.54, 1.807) is 0 Å². The molecule has 2 aliphatic carbocycles. The summed E-state index contributed by atoms with van der Waals surface area (Å²) in [5.74, 6) is 0. The van der Waals surface area contributed by atoms with E-state index in [4.69, 9.17) is 0 Å². The minimum Gasteiger partial charge on any atom is -0.382 e. The lowest BCUT2D eigenvalue weighted by molar-refractivity contribution is 0.188. The molecule has 2 N–H and O–H groups in total. The van der Waals surface area contributed by atoms with Gasteiger partial charge in [0.15, 0.2) is 0 Å². The summed E-state index contributed by atoms with van der Waals surface area (Å²) in [4.78, 5) is 0. The largest absolute Gasteiger partial charge is 0.382 e. The fourth-order valence-corrected chi connectivity index (χ4v) is 4.31. The Hall–Kier alpha value is -1.51. The average Bonchev–Trinajstić information content (AvgIpc) is 3.12. The Morgan fingerprint density at radius 2 is 1.90 bits per heavy atom. The Morgan fingerprint density at radius 3 is 2.70 bits per heavy atom. The highest BCUT2D eigenvalue weighted by atomic mass is 15.1. The average molecular weight is 269 g/mol. The topological polar surface area (TPSA) is 40.7 Å². The van der Waals surface area contributed by atoms with Gasteiger partial charge in [-0.15, -0.1) is 0 Å². The highest BCUT2D eigenvalue weighted by Gasteiger charge is 2.37. The van der Waals surface area contributed by atoms with Gasteiger partial charge < -0.3 is 5.32 Å². The number of anilines is 1. The molecule has 2 aromatic rings. The molecule has 20 heavy (non-hydrogen) atoms. The molecule has 106 valence electrons. The Kier molecular flexibility index (Phi) is 2.94. The van der Waals surface area contributed by atoms with Gasteiger partial charge >= 0.3 is 0 Å². The Bertz CT molecular complexity index is 585. The van der Waals surface area contributed by atoms with Crippen LogP contribution in [0, 0.1) is 5.41 Å². The van der Waals surface area contributed by atoms with Crippen molar-refractivity contribution in [2.24, 2.45) is 5.41 Å². The molecule has 1 aromatic carbocycles. The van der Waals surface area contributed by atoms with Crippen molar-refractivity contribution in [3.8, 4) is 0 Å². The van der Waals surface area contributed by atoms with Crippen molar-refractivity contribution in [3.05, 3.63) is 24.4 Å². The van der Waals surface area contributed by atoms with Gasteiger partial charge in [0.05, 0.1) is 11.7 Å². The number of H-pyrrole nitrogens is 1. The first-order valence-electron chi connectivity index (χ1n) is 8.03. The van der Waals surface area contributed by atoms with E-state index < -0.39 is 0 Å². The first-order valence-corrected chi connectivity index (χ1v) is 8.03. The molecule has 0 atom stereocenters. The molecule has 1 heterocycles. The van der Waals surface area contributed by atoms with Crippen LogP contribution < -0.4 is 5.32 Å². The number of hydrogen-bond donors (Lipinski definition) is 2. The molecule has 0 amide bonds. The van der Waals surface area contributed by atoms with Gasteiger partial charge in [-0.2, -0.15) is 5.10 Å². The van der Waals surface area contributed by atoms with Crippen molar-refractivity contribution >= 4 is 16.6 Å². The van der Waals surface area contributed by atoms with Crippen molar-refractivity contribution in [2.75, 3.05) is 5.32 Å². The van der Waals surface area contributed by atoms with E-state index >= 15 is 0 Å². The van der Waals surface area contributed by atoms with E-state index in [1.165, 1.54) is 62.4 Å². The minimum absolute atomic E-state index is 0.640. The molecule has 0 saturated heterocycles. The third-order valence-corrected chi connectivity index (χ3v) is 5.55. The summed E-state index contributed by atoms with van der Waals surface area (Å²) < 4.78 is 0. The highest BCUT2D eigenvalue weighted by molar-refractivity contribution is 5.90. The molecule has 0 bridgehead atoms. The smallest absolute Gasteiger partial charge is 0.0671 e. The Morgan fingerprint density at radius 1 is 1.10 bits per heavy atom. The molecular formula is C17H23N3. The quantitative estimate of drug-likeness (QED) is 0.844. The minimum atomic E-state index is 0.640. The van der Waals surface area contributed by atoms with E-state index in [0.717, 1.165) is 10.9 Å². The number of rotatable bonds is 2. The SMILES string of the molecule is c1cc(NC2CCC3(CCCC3)CC2)c2cn[nH]c2c1. The fourth-order valence-electron chi connectivity index (χ4n) is 4.31. The maximum absolute atomic E-state index is 4.15. The number of hydrogen-bond acceptors (Lipinski definition) is 2. The number of aromatic nitrogens is 2. The number of nitrogens with one attached hydrogen (secondary N) is 2. The third kappa shape index (κ3) is 2.09. The van der Waals surface area contributed by atoms with Gasteiger partial charge in [0.25, 0.3) is 0 Å². The highest BCUT2D eigenvalue weighted by Crippen LogP contribution is 2.49. The van der Waals surface area contributed by atoms with Gasteiger partial charge in [0.1, 0.15) is 0 Å². The van der Waals surface area contributed by atoms with Gasteiger partial charge in [-0.25, -0.2) is 0 Å². The molecule has 3 heteroatoms. The lowest BCUT2D eigenvalue weighted by Gasteiger charge is -2.38. The van der Waals surface area contributed by atoms with E-state index in [-0.39, 0.29) is 0 Å². The molecule has 2 saturated carbocycles. The van der Waals surface area contributed by atoms with Crippen LogP contribution in [0.1, 0.15) is 51.4 Å². The van der Waals surface area contributed by atoms with Crippen molar-refractivity contribution in [2.45, 2.75) is 57.4 Å². The second kappa shape index (κ2) is 4.80. The number of benzene rings is 1. The molecule has 0 unspecified atom stereocenters. The van der Waals surface area contributed by atoms with Gasteiger partial charge in [-0.05, 0) is 56.1 Å². The van der Waals surface area contributed by atoms with Gasteiger partial charge in [0, 0.05) is 17.1 Å². The number of fused-ring (bicyclic) bond motifs is 1. The van der Waals surface area contributed by atoms with Crippen molar-refractivity contribution in [1.29, 1.82) is 0 Å². The van der Waals surface area contributed by atoms with Crippen LogP contribution in [0.4, 0.5) is 5.69 Å². The van der Waals surface area contributed by atoms with Gasteiger partial charge in [-0.1, -0.05) is 18.9 Å². The zero-order chi connectivity index (χ0) is 13.4. The summed E-state index contributed by atoms with van der Waals surface area (Å²) in [6.07, 6.45) is 13.3. The van der Waals surface area contributed by atoms with Crippen molar-refractivity contribution in [1.82, 2.24) is 10.2 Å². The maximum Gasteiger partial charge on any atom is 0.0671 e. The zero-order valence-corrected chi connectivity index (χ0v) is 12.0. The maximum atomic E-state index is 4.15. The standard InChI is InChI=1S/C17H23N3/c1-2-9-17(8-1)10-6-13(7-11-17)19-15-4-3-5-16-14(15)12-18-20-16/h3-5,12-13,19H,1-2,6-11H2,(H,18,20). The molecule has 2 aliphatic rings. The summed E-state index contributed by atoms with van der Waals surface area (Å²) in [5.41, 5.74) is 3.08. The van der Waals surface area contributed by atoms with Crippen molar-refractivity contribution < 1.29 is 0 Å². The van der Waals surface area contributed by atoms with Crippen LogP contribution in [0.3, 0.4) is 0 Å². The summed E-state index contributed by atoms with van der Waals surface area (Å²) in [6.45, 7) is 0. The first kappa shape index (κ1) is 12.2. The van der Waals surface area contributed by atoms with Gasteiger partial charge in [-0.3, -0.25) is 5.10 Å². The molecule has 1 spiro atoms. The molecule has 1 aromatic heterocycles. The molecule has 3 nitrogen and oxygen atoms in total. The van der Waals surface area contributed by atoms with Crippen LogP contribution in [-0.2, 0) is 0 Å². The molecule has 0 aliphatic heterocycles. The number of aromatic amines is 1. The lowest BCUT2D eigenvalue weighted by atomic mass is 9.71. The third-order valence-electron chi connectivity index (χ3n) is 5.55. The zero-order valence-electron chi connectivity index (χ0n) is 12.0. The lowest BCUT2D eigenvalue weighted by Crippen LogP contribution is -2.31. The summed E-state index contributed by atoms with van der Waals surface area (Å²) in [5, 5.41) is 12.2. The van der Waals surface area contributed by atoms with E-state index in [2.05, 4.69) is 33.7 Å². The van der Waals surface area contributed by atoms with Crippen LogP contribution in [0.2, 0.25) is 0 Å². The Labute approximate surface area is 120 Å². The number of nitrogens with zero attached hydrogens (tertiary/aromatic N) is 1. The molecule has 0 radical (unpaired) electrons. The molecule has 2 fully saturated rings. The van der Waals surface area contributed by atoms with Crippen LogP contribution in [0.5, 0.6) is 0 Å². The fraction of sp³-hybridized carbons (Fsp3) is 0.588. The normalized spacial score (nSPS) is 22.6. The summed E-state index contributed by atoms with van der Waals surface area (Å²) in [6, 6.07) is 7.01. The Balaban J connectivity index is 1.46. The van der Waals surface area contributed by atoms with Crippen LogP contribution in [0.25, 0.3) is 10.9 Å². The predicted octanol–water partition coefficient (Wildman–Crippen LogP) is 4.48. The first-order chi connectivity index (χ1) is 9.85. The van der Waals surface area contributed by atoms with Crippen LogP contribution >= 0.6 is 0 Å². The van der Waals surface area contributed by atoms with E-state index in [1.807, 2.05) is 6.20 Å². The second-order valence-corrected chi connectivity index (χ2v) is 6.76. The van der Waals surface area contributed by atoms with Gasteiger partial charge in [0.2, 0.25) is 0 Å². The van der Waals surface area contributed by atoms with Crippen LogP contribution in [0.15, 0.2) is 24.4 Å². The van der Waals surface area contributed by atoms with E-state index in [9.17, 15) is 0 Å². The van der Waals surface area contributed by atoms with Crippen LogP contribution in [-0.4, -0.2) is 16.2 Å². The van der Waals surface area contributed by atoms with E-state index in [0.29, 0.717) is 6.04 Å². The van der Waals surface area contributed by atoms with Crippen molar-refractivity contribution in [3.63, 3.8) is 0 Å². The predicted molar refractivity (Wildman–Crippen MR) is 82.9 cm³/mol. The summed E-state index contributed by atoms with van der Waals surface area (Å²) >= 11 is 0. The summed E-state index contributed by atoms with van der Waals surface area (Å²) in [7, 11) is 0. The monoisotopic (exact) mass is 269 g/mol. The molecular weight excluding hydrogens is 246 g/mol. The second-order valence-electron chi connectivity index (χ2n) is 6.76.